The van der Waals surface area contributed by atoms with Crippen molar-refractivity contribution in [2.45, 2.75) is 20.4 Å². The summed E-state index contributed by atoms with van der Waals surface area (Å²) in [6.45, 7) is 3.90. The number of rotatable bonds is 3. The summed E-state index contributed by atoms with van der Waals surface area (Å²) in [5.74, 6) is 0.506. The number of nitrogens with zero attached hydrogens (tertiary/aromatic N) is 2. The summed E-state index contributed by atoms with van der Waals surface area (Å²) in [5, 5.41) is 3.89. The van der Waals surface area contributed by atoms with E-state index in [9.17, 15) is 4.79 Å². The van der Waals surface area contributed by atoms with Crippen molar-refractivity contribution < 1.29 is 9.21 Å². The number of hydrogen-bond acceptors (Lipinski definition) is 4. The van der Waals surface area contributed by atoms with E-state index in [-0.39, 0.29) is 11.7 Å². The van der Waals surface area contributed by atoms with Gasteiger partial charge in [0.15, 0.2) is 5.89 Å². The van der Waals surface area contributed by atoms with Crippen LogP contribution >= 0.6 is 0 Å². The molecule has 0 saturated heterocycles. The Balaban J connectivity index is 1.81. The molecule has 2 aromatic heterocycles. The minimum absolute atomic E-state index is 0.256. The van der Waals surface area contributed by atoms with Crippen LogP contribution in [-0.4, -0.2) is 15.9 Å². The lowest BCUT2D eigenvalue weighted by atomic mass is 10.1. The van der Waals surface area contributed by atoms with Crippen LogP contribution in [0.1, 0.15) is 27.7 Å². The Bertz CT molecular complexity index is 803. The van der Waals surface area contributed by atoms with Crippen LogP contribution < -0.4 is 5.32 Å². The fraction of sp³-hybridized carbons (Fsp3) is 0.188. The van der Waals surface area contributed by atoms with Gasteiger partial charge in [0, 0.05) is 25.1 Å². The Hall–Kier alpha value is -2.69. The number of para-hydroxylation sites is 1. The monoisotopic (exact) mass is 281 g/mol. The molecule has 3 rings (SSSR count). The quantitative estimate of drug-likeness (QED) is 0.801. The number of carbonyl (C=O) groups excluding carboxylic acids is 1. The predicted molar refractivity (Wildman–Crippen MR) is 78.9 cm³/mol. The molecule has 21 heavy (non-hydrogen) atoms. The molecule has 5 heteroatoms. The summed E-state index contributed by atoms with van der Waals surface area (Å²) in [6.07, 6.45) is 1.74. The van der Waals surface area contributed by atoms with E-state index in [1.165, 1.54) is 0 Å². The average molecular weight is 281 g/mol. The molecule has 0 fully saturated rings. The average Bonchev–Trinajstić information content (AvgIpc) is 2.83. The van der Waals surface area contributed by atoms with Gasteiger partial charge in [0.1, 0.15) is 0 Å². The second kappa shape index (κ2) is 5.36. The summed E-state index contributed by atoms with van der Waals surface area (Å²) < 4.78 is 5.32. The second-order valence-electron chi connectivity index (χ2n) is 4.82. The van der Waals surface area contributed by atoms with Gasteiger partial charge < -0.3 is 9.73 Å². The van der Waals surface area contributed by atoms with E-state index in [4.69, 9.17) is 4.42 Å². The molecule has 0 atom stereocenters. The highest BCUT2D eigenvalue weighted by Gasteiger charge is 2.15. The number of fused-ring (bicyclic) bond motifs is 1. The maximum absolute atomic E-state index is 12.1. The minimum atomic E-state index is -0.256. The first-order valence-corrected chi connectivity index (χ1v) is 6.70. The molecule has 0 aliphatic heterocycles. The van der Waals surface area contributed by atoms with E-state index < -0.39 is 0 Å². The number of benzene rings is 1. The molecule has 0 unspecified atom stereocenters. The molecule has 5 nitrogen and oxygen atoms in total. The lowest BCUT2D eigenvalue weighted by molar-refractivity contribution is 0.0921. The molecule has 106 valence electrons. The molecular weight excluding hydrogens is 266 g/mol. The van der Waals surface area contributed by atoms with Gasteiger partial charge >= 0.3 is 0 Å². The first-order chi connectivity index (χ1) is 10.1. The van der Waals surface area contributed by atoms with Crippen molar-refractivity contribution in [2.24, 2.45) is 0 Å². The molecule has 0 saturated carbocycles. The molecule has 1 N–H and O–H groups in total. The predicted octanol–water partition coefficient (Wildman–Crippen LogP) is 2.77. The Morgan fingerprint density at radius 2 is 2.05 bits per heavy atom. The van der Waals surface area contributed by atoms with Gasteiger partial charge in [0.25, 0.3) is 5.91 Å². The molecule has 1 aromatic carbocycles. The Kier molecular flexibility index (Phi) is 3.39. The fourth-order valence-electron chi connectivity index (χ4n) is 2.31. The first kappa shape index (κ1) is 13.3. The Morgan fingerprint density at radius 3 is 2.81 bits per heavy atom. The van der Waals surface area contributed by atoms with E-state index in [0.717, 1.165) is 16.5 Å². The van der Waals surface area contributed by atoms with Crippen molar-refractivity contribution in [3.05, 3.63) is 59.4 Å². The Labute approximate surface area is 122 Å². The number of oxazole rings is 1. The van der Waals surface area contributed by atoms with Crippen LogP contribution in [0.5, 0.6) is 0 Å². The van der Waals surface area contributed by atoms with Gasteiger partial charge in [-0.3, -0.25) is 9.78 Å². The maximum atomic E-state index is 12.1. The summed E-state index contributed by atoms with van der Waals surface area (Å²) >= 11 is 0. The fourth-order valence-corrected chi connectivity index (χ4v) is 2.31. The molecule has 0 radical (unpaired) electrons. The van der Waals surface area contributed by atoms with Crippen LogP contribution in [0.4, 0.5) is 0 Å². The van der Waals surface area contributed by atoms with Crippen LogP contribution in [0, 0.1) is 13.8 Å². The lowest BCUT2D eigenvalue weighted by Gasteiger charge is -2.07. The van der Waals surface area contributed by atoms with Crippen molar-refractivity contribution in [3.63, 3.8) is 0 Å². The minimum Gasteiger partial charge on any atom is -0.436 e. The zero-order valence-corrected chi connectivity index (χ0v) is 11.9. The topological polar surface area (TPSA) is 68.0 Å². The number of amides is 1. The highest BCUT2D eigenvalue weighted by atomic mass is 16.4. The summed E-state index contributed by atoms with van der Waals surface area (Å²) in [4.78, 5) is 20.5. The van der Waals surface area contributed by atoms with Crippen molar-refractivity contribution in [1.29, 1.82) is 0 Å². The van der Waals surface area contributed by atoms with Gasteiger partial charge in [-0.2, -0.15) is 0 Å². The van der Waals surface area contributed by atoms with Crippen LogP contribution in [0.25, 0.3) is 10.9 Å². The van der Waals surface area contributed by atoms with Crippen molar-refractivity contribution in [3.8, 4) is 0 Å². The van der Waals surface area contributed by atoms with Gasteiger partial charge in [-0.15, -0.1) is 0 Å². The third-order valence-electron chi connectivity index (χ3n) is 3.29. The summed E-state index contributed by atoms with van der Waals surface area (Å²) in [5.41, 5.74) is 2.53. The second-order valence-corrected chi connectivity index (χ2v) is 4.82. The largest absolute Gasteiger partial charge is 0.436 e. The van der Waals surface area contributed by atoms with E-state index >= 15 is 0 Å². The van der Waals surface area contributed by atoms with Crippen molar-refractivity contribution in [1.82, 2.24) is 15.3 Å². The van der Waals surface area contributed by atoms with E-state index in [1.807, 2.05) is 30.3 Å². The van der Waals surface area contributed by atoms with E-state index in [1.54, 1.807) is 20.0 Å². The normalized spacial score (nSPS) is 10.8. The van der Waals surface area contributed by atoms with Crippen molar-refractivity contribution in [2.75, 3.05) is 0 Å². The molecular formula is C16H15N3O2. The SMILES string of the molecule is Cc1nc(C)c(C(=O)NCc2ccnc3ccccc23)o1. The molecule has 1 amide bonds. The third-order valence-corrected chi connectivity index (χ3v) is 3.29. The van der Waals surface area contributed by atoms with Crippen LogP contribution in [0.15, 0.2) is 40.9 Å². The van der Waals surface area contributed by atoms with Crippen molar-refractivity contribution >= 4 is 16.8 Å². The zero-order valence-electron chi connectivity index (χ0n) is 11.9. The van der Waals surface area contributed by atoms with Crippen LogP contribution in [0.2, 0.25) is 0 Å². The smallest absolute Gasteiger partial charge is 0.289 e. The lowest BCUT2D eigenvalue weighted by Crippen LogP contribution is -2.23. The third kappa shape index (κ3) is 2.63. The van der Waals surface area contributed by atoms with Crippen LogP contribution in [-0.2, 0) is 6.54 Å². The van der Waals surface area contributed by atoms with Crippen LogP contribution in [0.3, 0.4) is 0 Å². The highest BCUT2D eigenvalue weighted by molar-refractivity contribution is 5.92. The van der Waals surface area contributed by atoms with Gasteiger partial charge in [-0.1, -0.05) is 18.2 Å². The molecule has 3 aromatic rings. The van der Waals surface area contributed by atoms with Gasteiger partial charge in [-0.25, -0.2) is 4.98 Å². The highest BCUT2D eigenvalue weighted by Crippen LogP contribution is 2.16. The molecule has 2 heterocycles. The molecule has 0 bridgehead atoms. The van der Waals surface area contributed by atoms with Gasteiger partial charge in [-0.05, 0) is 24.6 Å². The first-order valence-electron chi connectivity index (χ1n) is 6.70. The molecule has 0 aliphatic rings. The number of nitrogens with one attached hydrogen (secondary N) is 1. The van der Waals surface area contributed by atoms with E-state index in [0.29, 0.717) is 18.1 Å². The standard InChI is InChI=1S/C16H15N3O2/c1-10-15(21-11(2)19-10)16(20)18-9-12-7-8-17-14-6-4-3-5-13(12)14/h3-8H,9H2,1-2H3,(H,18,20). The summed E-state index contributed by atoms with van der Waals surface area (Å²) in [7, 11) is 0. The molecule has 0 aliphatic carbocycles. The Morgan fingerprint density at radius 1 is 1.24 bits per heavy atom. The van der Waals surface area contributed by atoms with Gasteiger partial charge in [0.2, 0.25) is 5.76 Å². The number of pyridine rings is 1. The number of carbonyl (C=O) groups is 1. The van der Waals surface area contributed by atoms with E-state index in [2.05, 4.69) is 15.3 Å². The molecule has 0 spiro atoms. The number of hydrogen-bond donors (Lipinski definition) is 1. The maximum Gasteiger partial charge on any atom is 0.289 e. The summed E-state index contributed by atoms with van der Waals surface area (Å²) in [6, 6.07) is 9.75. The number of aryl methyl sites for hydroxylation is 2. The van der Waals surface area contributed by atoms with Gasteiger partial charge in [0.05, 0.1) is 11.2 Å². The number of aromatic nitrogens is 2. The zero-order chi connectivity index (χ0) is 14.8.